The van der Waals surface area contributed by atoms with Crippen molar-refractivity contribution in [2.75, 3.05) is 29.0 Å². The molecule has 0 radical (unpaired) electrons. The maximum atomic E-state index is 14.0. The summed E-state index contributed by atoms with van der Waals surface area (Å²) in [6, 6.07) is 3.39. The standard InChI is InChI=1S/C19H22FN5O4/c1-11(2)24-16-8-18(22(4)29-5)21-9-13(16)10-23(19(24)26)15-7-17(25(27)28)14(20)6-12(15)3/h6-9,11H,10H2,1-5H3. The SMILES string of the molecule is CON(C)c1cc2c(cn1)CN(c1cc([N+](=O)[O-])c(F)cc1C)C(=O)N2C(C)C. The number of amides is 2. The molecule has 29 heavy (non-hydrogen) atoms. The number of nitro groups is 1. The number of urea groups is 1. The van der Waals surface area contributed by atoms with Gasteiger partial charge in [-0.2, -0.15) is 4.39 Å². The molecule has 1 aliphatic rings. The number of carbonyl (C=O) groups excluding carboxylic acids is 1. The van der Waals surface area contributed by atoms with Gasteiger partial charge in [-0.15, -0.1) is 0 Å². The number of pyridine rings is 1. The van der Waals surface area contributed by atoms with Crippen LogP contribution in [0.2, 0.25) is 0 Å². The Labute approximate surface area is 167 Å². The summed E-state index contributed by atoms with van der Waals surface area (Å²) >= 11 is 0. The summed E-state index contributed by atoms with van der Waals surface area (Å²) in [4.78, 5) is 36.2. The van der Waals surface area contributed by atoms with E-state index in [4.69, 9.17) is 4.84 Å². The number of benzene rings is 1. The summed E-state index contributed by atoms with van der Waals surface area (Å²) in [5, 5.41) is 12.7. The lowest BCUT2D eigenvalue weighted by molar-refractivity contribution is -0.387. The van der Waals surface area contributed by atoms with Gasteiger partial charge in [0.2, 0.25) is 5.82 Å². The van der Waals surface area contributed by atoms with Gasteiger partial charge in [-0.05, 0) is 32.4 Å². The zero-order valence-electron chi connectivity index (χ0n) is 16.8. The zero-order chi connectivity index (χ0) is 21.5. The molecular formula is C19H22FN5O4. The van der Waals surface area contributed by atoms with Gasteiger partial charge in [0.1, 0.15) is 0 Å². The molecule has 9 nitrogen and oxygen atoms in total. The number of rotatable bonds is 5. The van der Waals surface area contributed by atoms with Crippen molar-refractivity contribution in [2.45, 2.75) is 33.4 Å². The highest BCUT2D eigenvalue weighted by molar-refractivity contribution is 6.07. The normalized spacial score (nSPS) is 13.7. The van der Waals surface area contributed by atoms with Crippen LogP contribution in [-0.2, 0) is 11.4 Å². The van der Waals surface area contributed by atoms with Gasteiger partial charge in [-0.3, -0.25) is 24.8 Å². The molecule has 10 heteroatoms. The van der Waals surface area contributed by atoms with Crippen LogP contribution in [0, 0.1) is 22.9 Å². The summed E-state index contributed by atoms with van der Waals surface area (Å²) in [6.45, 7) is 5.50. The number of hydrogen-bond acceptors (Lipinski definition) is 6. The summed E-state index contributed by atoms with van der Waals surface area (Å²) in [5.74, 6) is -0.400. The highest BCUT2D eigenvalue weighted by Crippen LogP contribution is 2.37. The van der Waals surface area contributed by atoms with Crippen molar-refractivity contribution in [3.63, 3.8) is 0 Å². The van der Waals surface area contributed by atoms with Crippen molar-refractivity contribution in [3.05, 3.63) is 51.5 Å². The minimum Gasteiger partial charge on any atom is -0.291 e. The van der Waals surface area contributed by atoms with Crippen LogP contribution in [0.15, 0.2) is 24.4 Å². The molecule has 2 amide bonds. The number of hydroxylamine groups is 1. The van der Waals surface area contributed by atoms with Crippen LogP contribution in [0.3, 0.4) is 0 Å². The van der Waals surface area contributed by atoms with Crippen molar-refractivity contribution >= 4 is 28.9 Å². The minimum atomic E-state index is -0.935. The minimum absolute atomic E-state index is 0.158. The molecule has 154 valence electrons. The van der Waals surface area contributed by atoms with Gasteiger partial charge >= 0.3 is 11.7 Å². The van der Waals surface area contributed by atoms with Crippen molar-refractivity contribution in [2.24, 2.45) is 0 Å². The van der Waals surface area contributed by atoms with Gasteiger partial charge in [-0.25, -0.2) is 14.8 Å². The predicted molar refractivity (Wildman–Crippen MR) is 107 cm³/mol. The van der Waals surface area contributed by atoms with E-state index < -0.39 is 16.4 Å². The number of hydrogen-bond donors (Lipinski definition) is 0. The Morgan fingerprint density at radius 1 is 1.31 bits per heavy atom. The molecule has 0 fully saturated rings. The fourth-order valence-corrected chi connectivity index (χ4v) is 3.31. The van der Waals surface area contributed by atoms with Gasteiger partial charge in [0.15, 0.2) is 5.82 Å². The first-order valence-electron chi connectivity index (χ1n) is 8.97. The molecule has 1 aromatic heterocycles. The molecule has 1 aromatic carbocycles. The summed E-state index contributed by atoms with van der Waals surface area (Å²) in [6.07, 6.45) is 1.64. The Hall–Kier alpha value is -3.27. The lowest BCUT2D eigenvalue weighted by atomic mass is 10.1. The monoisotopic (exact) mass is 403 g/mol. The fourth-order valence-electron chi connectivity index (χ4n) is 3.31. The van der Waals surface area contributed by atoms with Crippen molar-refractivity contribution < 1.29 is 18.9 Å². The number of fused-ring (bicyclic) bond motifs is 1. The van der Waals surface area contributed by atoms with Crippen molar-refractivity contribution in [1.29, 1.82) is 0 Å². The lowest BCUT2D eigenvalue weighted by Gasteiger charge is -2.39. The van der Waals surface area contributed by atoms with Crippen LogP contribution in [-0.4, -0.2) is 36.1 Å². The Bertz CT molecular complexity index is 981. The van der Waals surface area contributed by atoms with Crippen LogP contribution in [0.1, 0.15) is 25.0 Å². The molecule has 2 aromatic rings. The van der Waals surface area contributed by atoms with E-state index in [-0.39, 0.29) is 24.3 Å². The van der Waals surface area contributed by atoms with Gasteiger partial charge < -0.3 is 0 Å². The molecule has 0 saturated heterocycles. The maximum Gasteiger partial charge on any atom is 0.329 e. The highest BCUT2D eigenvalue weighted by atomic mass is 19.1. The Balaban J connectivity index is 2.13. The average Bonchev–Trinajstić information content (AvgIpc) is 2.66. The lowest BCUT2D eigenvalue weighted by Crippen LogP contribution is -2.50. The second-order valence-electron chi connectivity index (χ2n) is 7.03. The molecule has 0 atom stereocenters. The number of aryl methyl sites for hydroxylation is 1. The van der Waals surface area contributed by atoms with E-state index in [0.29, 0.717) is 17.1 Å². The maximum absolute atomic E-state index is 14.0. The number of nitro benzene ring substituents is 1. The molecule has 0 N–H and O–H groups in total. The number of anilines is 3. The average molecular weight is 403 g/mol. The number of nitrogens with zero attached hydrogens (tertiary/aromatic N) is 5. The molecule has 0 spiro atoms. The molecule has 0 unspecified atom stereocenters. The van der Waals surface area contributed by atoms with Crippen LogP contribution >= 0.6 is 0 Å². The topological polar surface area (TPSA) is 92.0 Å². The number of carbonyl (C=O) groups is 1. The van der Waals surface area contributed by atoms with E-state index in [9.17, 15) is 19.3 Å². The number of halogens is 1. The molecule has 0 bridgehead atoms. The molecular weight excluding hydrogens is 381 g/mol. The first-order valence-corrected chi connectivity index (χ1v) is 8.97. The zero-order valence-corrected chi connectivity index (χ0v) is 16.8. The fraction of sp³-hybridized carbons (Fsp3) is 0.368. The smallest absolute Gasteiger partial charge is 0.291 e. The van der Waals surface area contributed by atoms with Gasteiger partial charge in [0, 0.05) is 37.0 Å². The van der Waals surface area contributed by atoms with Crippen molar-refractivity contribution in [3.8, 4) is 0 Å². The molecule has 1 aliphatic heterocycles. The van der Waals surface area contributed by atoms with Gasteiger partial charge in [-0.1, -0.05) is 0 Å². The first kappa shape index (κ1) is 20.5. The van der Waals surface area contributed by atoms with Crippen LogP contribution < -0.4 is 14.9 Å². The van der Waals surface area contributed by atoms with Gasteiger partial charge in [0.05, 0.1) is 30.0 Å². The quantitative estimate of drug-likeness (QED) is 0.557. The van der Waals surface area contributed by atoms with Crippen molar-refractivity contribution in [1.82, 2.24) is 4.98 Å². The summed E-state index contributed by atoms with van der Waals surface area (Å²) in [5.41, 5.74) is 1.49. The second kappa shape index (κ2) is 7.63. The van der Waals surface area contributed by atoms with E-state index in [2.05, 4.69) is 4.98 Å². The summed E-state index contributed by atoms with van der Waals surface area (Å²) in [7, 11) is 3.21. The third kappa shape index (κ3) is 3.58. The third-order valence-corrected chi connectivity index (χ3v) is 4.84. The van der Waals surface area contributed by atoms with E-state index in [1.165, 1.54) is 17.1 Å². The first-order chi connectivity index (χ1) is 13.6. The second-order valence-corrected chi connectivity index (χ2v) is 7.03. The predicted octanol–water partition coefficient (Wildman–Crippen LogP) is 3.79. The molecule has 0 aliphatic carbocycles. The molecule has 2 heterocycles. The van der Waals surface area contributed by atoms with E-state index in [1.54, 1.807) is 31.1 Å². The molecule has 0 saturated carbocycles. The molecule has 3 rings (SSSR count). The van der Waals surface area contributed by atoms with Crippen LogP contribution in [0.25, 0.3) is 0 Å². The van der Waals surface area contributed by atoms with Crippen LogP contribution in [0.4, 0.5) is 32.1 Å². The largest absolute Gasteiger partial charge is 0.329 e. The van der Waals surface area contributed by atoms with E-state index in [0.717, 1.165) is 17.7 Å². The summed E-state index contributed by atoms with van der Waals surface area (Å²) < 4.78 is 14.0. The highest BCUT2D eigenvalue weighted by Gasteiger charge is 2.35. The van der Waals surface area contributed by atoms with Crippen LogP contribution in [0.5, 0.6) is 0 Å². The number of aromatic nitrogens is 1. The Morgan fingerprint density at radius 3 is 2.59 bits per heavy atom. The van der Waals surface area contributed by atoms with E-state index in [1.807, 2.05) is 13.8 Å². The van der Waals surface area contributed by atoms with E-state index >= 15 is 0 Å². The Morgan fingerprint density at radius 2 is 2.00 bits per heavy atom. The third-order valence-electron chi connectivity index (χ3n) is 4.84. The van der Waals surface area contributed by atoms with Gasteiger partial charge in [0.25, 0.3) is 0 Å². The Kier molecular flexibility index (Phi) is 5.38.